The summed E-state index contributed by atoms with van der Waals surface area (Å²) in [6.45, 7) is 10.0. The Balaban J connectivity index is 2.23. The Kier molecular flexibility index (Phi) is 4.49. The van der Waals surface area contributed by atoms with E-state index in [9.17, 15) is 4.79 Å². The second-order valence-corrected chi connectivity index (χ2v) is 6.37. The molecule has 1 aromatic heterocycles. The Morgan fingerprint density at radius 1 is 1.43 bits per heavy atom. The maximum Gasteiger partial charge on any atom is 0.274 e. The van der Waals surface area contributed by atoms with Crippen LogP contribution in [0.25, 0.3) is 0 Å². The summed E-state index contributed by atoms with van der Waals surface area (Å²) >= 11 is 0. The van der Waals surface area contributed by atoms with Gasteiger partial charge in [0.1, 0.15) is 5.82 Å². The van der Waals surface area contributed by atoms with Gasteiger partial charge in [0.05, 0.1) is 11.9 Å². The van der Waals surface area contributed by atoms with Gasteiger partial charge in [-0.2, -0.15) is 0 Å². The van der Waals surface area contributed by atoms with Gasteiger partial charge in [-0.3, -0.25) is 4.79 Å². The molecule has 5 heteroatoms. The van der Waals surface area contributed by atoms with Crippen molar-refractivity contribution in [1.29, 1.82) is 0 Å². The molecular formula is C16H26N4O. The van der Waals surface area contributed by atoms with Crippen LogP contribution in [0.1, 0.15) is 69.2 Å². The fourth-order valence-electron chi connectivity index (χ4n) is 2.94. The van der Waals surface area contributed by atoms with Gasteiger partial charge >= 0.3 is 0 Å². The number of hydrogen-bond donors (Lipinski definition) is 1. The van der Waals surface area contributed by atoms with E-state index in [0.717, 1.165) is 32.4 Å². The molecule has 116 valence electrons. The van der Waals surface area contributed by atoms with Crippen LogP contribution in [0.3, 0.4) is 0 Å². The first-order valence-electron chi connectivity index (χ1n) is 7.84. The first-order chi connectivity index (χ1) is 9.92. The molecule has 1 amide bonds. The summed E-state index contributed by atoms with van der Waals surface area (Å²) in [6.07, 6.45) is 4.82. The fourth-order valence-corrected chi connectivity index (χ4v) is 2.94. The van der Waals surface area contributed by atoms with Crippen LogP contribution in [0.5, 0.6) is 0 Å². The molecule has 0 radical (unpaired) electrons. The van der Waals surface area contributed by atoms with Crippen LogP contribution >= 0.6 is 0 Å². The van der Waals surface area contributed by atoms with Gasteiger partial charge in [0.15, 0.2) is 5.69 Å². The number of carbonyl (C=O) groups is 1. The molecule has 0 aliphatic carbocycles. The minimum Gasteiger partial charge on any atom is -0.396 e. The van der Waals surface area contributed by atoms with Crippen LogP contribution in [0, 0.1) is 5.41 Å². The standard InChI is InChI=1S/C16H26N4O/c1-5-16(6-2)7-8-20(10-16)15(21)13-12(17)9-18-14(19-13)11(3)4/h9,11H,5-8,10,17H2,1-4H3. The minimum atomic E-state index is -0.0550. The van der Waals surface area contributed by atoms with Crippen LogP contribution < -0.4 is 5.73 Å². The lowest BCUT2D eigenvalue weighted by Gasteiger charge is -2.26. The highest BCUT2D eigenvalue weighted by atomic mass is 16.2. The molecule has 2 rings (SSSR count). The van der Waals surface area contributed by atoms with Gasteiger partial charge in [-0.25, -0.2) is 9.97 Å². The summed E-state index contributed by atoms with van der Waals surface area (Å²) in [5.74, 6) is 0.797. The highest BCUT2D eigenvalue weighted by Gasteiger charge is 2.38. The summed E-state index contributed by atoms with van der Waals surface area (Å²) in [7, 11) is 0. The zero-order valence-corrected chi connectivity index (χ0v) is 13.5. The topological polar surface area (TPSA) is 72.1 Å². The molecule has 1 fully saturated rings. The molecular weight excluding hydrogens is 264 g/mol. The van der Waals surface area contributed by atoms with Crippen molar-refractivity contribution >= 4 is 11.6 Å². The molecule has 2 heterocycles. The highest BCUT2D eigenvalue weighted by molar-refractivity contribution is 5.97. The SMILES string of the molecule is CCC1(CC)CCN(C(=O)c2nc(C(C)C)ncc2N)C1. The van der Waals surface area contributed by atoms with Gasteiger partial charge < -0.3 is 10.6 Å². The highest BCUT2D eigenvalue weighted by Crippen LogP contribution is 2.37. The lowest BCUT2D eigenvalue weighted by molar-refractivity contribution is 0.0764. The van der Waals surface area contributed by atoms with Crippen molar-refractivity contribution in [3.63, 3.8) is 0 Å². The van der Waals surface area contributed by atoms with E-state index in [1.807, 2.05) is 18.7 Å². The van der Waals surface area contributed by atoms with Crippen molar-refractivity contribution < 1.29 is 4.79 Å². The lowest BCUT2D eigenvalue weighted by atomic mass is 9.82. The fraction of sp³-hybridized carbons (Fsp3) is 0.688. The molecule has 1 saturated heterocycles. The first kappa shape index (κ1) is 15.7. The Hall–Kier alpha value is -1.65. The number of likely N-dealkylation sites (tertiary alicyclic amines) is 1. The molecule has 1 aliphatic heterocycles. The molecule has 0 spiro atoms. The van der Waals surface area contributed by atoms with Crippen molar-refractivity contribution in [1.82, 2.24) is 14.9 Å². The maximum atomic E-state index is 12.7. The monoisotopic (exact) mass is 290 g/mol. The lowest BCUT2D eigenvalue weighted by Crippen LogP contribution is -2.33. The van der Waals surface area contributed by atoms with E-state index < -0.39 is 0 Å². The minimum absolute atomic E-state index is 0.0550. The average molecular weight is 290 g/mol. The number of amides is 1. The molecule has 0 bridgehead atoms. The first-order valence-corrected chi connectivity index (χ1v) is 7.84. The Morgan fingerprint density at radius 2 is 2.10 bits per heavy atom. The number of anilines is 1. The molecule has 0 saturated carbocycles. The molecule has 2 N–H and O–H groups in total. The third-order valence-electron chi connectivity index (χ3n) is 4.78. The summed E-state index contributed by atoms with van der Waals surface area (Å²) in [4.78, 5) is 23.2. The molecule has 1 aliphatic rings. The smallest absolute Gasteiger partial charge is 0.274 e. The van der Waals surface area contributed by atoms with E-state index in [1.165, 1.54) is 0 Å². The van der Waals surface area contributed by atoms with Gasteiger partial charge in [0, 0.05) is 19.0 Å². The van der Waals surface area contributed by atoms with Gasteiger partial charge in [-0.05, 0) is 24.7 Å². The molecule has 21 heavy (non-hydrogen) atoms. The number of nitrogens with zero attached hydrogens (tertiary/aromatic N) is 3. The van der Waals surface area contributed by atoms with Gasteiger partial charge in [0.25, 0.3) is 5.91 Å². The van der Waals surface area contributed by atoms with Crippen molar-refractivity contribution in [3.8, 4) is 0 Å². The summed E-state index contributed by atoms with van der Waals surface area (Å²) < 4.78 is 0. The van der Waals surface area contributed by atoms with Crippen LogP contribution in [0.4, 0.5) is 5.69 Å². The Labute approximate surface area is 127 Å². The van der Waals surface area contributed by atoms with Gasteiger partial charge in [-0.15, -0.1) is 0 Å². The number of rotatable bonds is 4. The molecule has 0 unspecified atom stereocenters. The van der Waals surface area contributed by atoms with Gasteiger partial charge in [0.2, 0.25) is 0 Å². The number of carbonyl (C=O) groups excluding carboxylic acids is 1. The van der Waals surface area contributed by atoms with Crippen LogP contribution in [-0.4, -0.2) is 33.9 Å². The van der Waals surface area contributed by atoms with E-state index in [2.05, 4.69) is 23.8 Å². The van der Waals surface area contributed by atoms with E-state index in [4.69, 9.17) is 5.73 Å². The number of hydrogen-bond acceptors (Lipinski definition) is 4. The van der Waals surface area contributed by atoms with E-state index in [0.29, 0.717) is 17.2 Å². The molecule has 1 aromatic rings. The molecule has 5 nitrogen and oxygen atoms in total. The largest absolute Gasteiger partial charge is 0.396 e. The summed E-state index contributed by atoms with van der Waals surface area (Å²) in [5.41, 5.74) is 6.91. The summed E-state index contributed by atoms with van der Waals surface area (Å²) in [5, 5.41) is 0. The summed E-state index contributed by atoms with van der Waals surface area (Å²) in [6, 6.07) is 0. The molecule has 0 aromatic carbocycles. The second kappa shape index (κ2) is 6.00. The van der Waals surface area contributed by atoms with Crippen LogP contribution in [0.15, 0.2) is 6.20 Å². The predicted molar refractivity (Wildman–Crippen MR) is 84.1 cm³/mol. The zero-order valence-electron chi connectivity index (χ0n) is 13.5. The zero-order chi connectivity index (χ0) is 15.6. The third kappa shape index (κ3) is 3.01. The van der Waals surface area contributed by atoms with Crippen molar-refractivity contribution in [2.75, 3.05) is 18.8 Å². The predicted octanol–water partition coefficient (Wildman–Crippen LogP) is 2.83. The number of nitrogen functional groups attached to an aromatic ring is 1. The third-order valence-corrected chi connectivity index (χ3v) is 4.78. The van der Waals surface area contributed by atoms with Crippen molar-refractivity contribution in [2.24, 2.45) is 5.41 Å². The Morgan fingerprint density at radius 3 is 2.62 bits per heavy atom. The van der Waals surface area contributed by atoms with Crippen molar-refractivity contribution in [3.05, 3.63) is 17.7 Å². The quantitative estimate of drug-likeness (QED) is 0.925. The van der Waals surface area contributed by atoms with Gasteiger partial charge in [-0.1, -0.05) is 27.7 Å². The van der Waals surface area contributed by atoms with Crippen molar-refractivity contribution in [2.45, 2.75) is 52.9 Å². The van der Waals surface area contributed by atoms with E-state index >= 15 is 0 Å². The van der Waals surface area contributed by atoms with E-state index in [-0.39, 0.29) is 17.2 Å². The second-order valence-electron chi connectivity index (χ2n) is 6.37. The Bertz CT molecular complexity index is 523. The average Bonchev–Trinajstić information content (AvgIpc) is 2.92. The number of aromatic nitrogens is 2. The molecule has 0 atom stereocenters. The normalized spacial score (nSPS) is 17.5. The van der Waals surface area contributed by atoms with E-state index in [1.54, 1.807) is 6.20 Å². The number of nitrogens with two attached hydrogens (primary N) is 1. The van der Waals surface area contributed by atoms with Crippen LogP contribution in [0.2, 0.25) is 0 Å². The maximum absolute atomic E-state index is 12.7. The van der Waals surface area contributed by atoms with Crippen LogP contribution in [-0.2, 0) is 0 Å².